The second-order valence-corrected chi connectivity index (χ2v) is 7.50. The lowest BCUT2D eigenvalue weighted by Gasteiger charge is -2.08. The summed E-state index contributed by atoms with van der Waals surface area (Å²) in [6, 6.07) is 13.7. The van der Waals surface area contributed by atoms with Crippen LogP contribution in [0.15, 0.2) is 59.5 Å². The molecule has 2 aromatic carbocycles. The third-order valence-electron chi connectivity index (χ3n) is 3.43. The smallest absolute Gasteiger partial charge is 0.221 e. The summed E-state index contributed by atoms with van der Waals surface area (Å²) in [5.41, 5.74) is 0. The highest BCUT2D eigenvalue weighted by Gasteiger charge is 2.15. The summed E-state index contributed by atoms with van der Waals surface area (Å²) < 4.78 is 42.3. The predicted molar refractivity (Wildman–Crippen MR) is 92.6 cm³/mol. The summed E-state index contributed by atoms with van der Waals surface area (Å²) in [7, 11) is -3.45. The number of rotatable bonds is 9. The average molecular weight is 365 g/mol. The van der Waals surface area contributed by atoms with Crippen molar-refractivity contribution in [2.45, 2.75) is 17.7 Å². The average Bonchev–Trinajstić information content (AvgIpc) is 2.62. The maximum atomic E-state index is 12.7. The van der Waals surface area contributed by atoms with Gasteiger partial charge in [0.25, 0.3) is 0 Å². The zero-order valence-corrected chi connectivity index (χ0v) is 14.5. The van der Waals surface area contributed by atoms with E-state index < -0.39 is 9.84 Å². The van der Waals surface area contributed by atoms with Gasteiger partial charge in [0.2, 0.25) is 5.91 Å². The van der Waals surface area contributed by atoms with Gasteiger partial charge in [-0.05, 0) is 42.8 Å². The molecule has 0 bridgehead atoms. The van der Waals surface area contributed by atoms with Gasteiger partial charge in [-0.25, -0.2) is 12.8 Å². The van der Waals surface area contributed by atoms with Gasteiger partial charge >= 0.3 is 0 Å². The number of sulfone groups is 1. The number of nitrogens with one attached hydrogen (secondary N) is 1. The SMILES string of the molecule is O=C(CCS(=O)(=O)c1ccccc1)NCCCOc1ccc(F)cc1. The fourth-order valence-electron chi connectivity index (χ4n) is 2.08. The molecule has 1 N–H and O–H groups in total. The highest BCUT2D eigenvalue weighted by atomic mass is 32.2. The third kappa shape index (κ3) is 6.54. The first kappa shape index (κ1) is 18.9. The summed E-state index contributed by atoms with van der Waals surface area (Å²) in [4.78, 5) is 12.0. The van der Waals surface area contributed by atoms with Crippen molar-refractivity contribution in [2.24, 2.45) is 0 Å². The molecule has 2 rings (SSSR count). The summed E-state index contributed by atoms with van der Waals surface area (Å²) in [5.74, 6) is -0.317. The molecule has 25 heavy (non-hydrogen) atoms. The maximum absolute atomic E-state index is 12.7. The van der Waals surface area contributed by atoms with Crippen molar-refractivity contribution in [3.05, 3.63) is 60.4 Å². The molecule has 7 heteroatoms. The largest absolute Gasteiger partial charge is 0.494 e. The lowest BCUT2D eigenvalue weighted by atomic mass is 10.3. The van der Waals surface area contributed by atoms with Crippen LogP contribution in [-0.2, 0) is 14.6 Å². The topological polar surface area (TPSA) is 72.5 Å². The zero-order valence-electron chi connectivity index (χ0n) is 13.7. The Morgan fingerprint density at radius 3 is 2.40 bits per heavy atom. The first-order chi connectivity index (χ1) is 12.0. The van der Waals surface area contributed by atoms with Crippen molar-refractivity contribution < 1.29 is 22.3 Å². The molecule has 0 saturated carbocycles. The fourth-order valence-corrected chi connectivity index (χ4v) is 3.34. The van der Waals surface area contributed by atoms with E-state index in [9.17, 15) is 17.6 Å². The van der Waals surface area contributed by atoms with E-state index in [1.807, 2.05) is 0 Å². The molecule has 0 aromatic heterocycles. The minimum Gasteiger partial charge on any atom is -0.494 e. The van der Waals surface area contributed by atoms with Crippen molar-refractivity contribution in [2.75, 3.05) is 18.9 Å². The van der Waals surface area contributed by atoms with Crippen molar-refractivity contribution >= 4 is 15.7 Å². The number of carbonyl (C=O) groups is 1. The second kappa shape index (κ2) is 9.17. The number of carbonyl (C=O) groups excluding carboxylic acids is 1. The van der Waals surface area contributed by atoms with Crippen LogP contribution in [0.2, 0.25) is 0 Å². The predicted octanol–water partition coefficient (Wildman–Crippen LogP) is 2.57. The minimum atomic E-state index is -3.45. The molecule has 0 aliphatic carbocycles. The molecule has 0 saturated heterocycles. The van der Waals surface area contributed by atoms with E-state index in [0.717, 1.165) is 0 Å². The van der Waals surface area contributed by atoms with Crippen LogP contribution in [0, 0.1) is 5.82 Å². The van der Waals surface area contributed by atoms with Gasteiger partial charge in [-0.1, -0.05) is 18.2 Å². The zero-order chi connectivity index (χ0) is 18.1. The number of amides is 1. The van der Waals surface area contributed by atoms with Crippen molar-refractivity contribution in [3.63, 3.8) is 0 Å². The molecule has 1 amide bonds. The first-order valence-electron chi connectivity index (χ1n) is 7.90. The molecule has 0 aliphatic rings. The van der Waals surface area contributed by atoms with Crippen LogP contribution in [-0.4, -0.2) is 33.2 Å². The summed E-state index contributed by atoms with van der Waals surface area (Å²) in [6.07, 6.45) is 0.477. The summed E-state index contributed by atoms with van der Waals surface area (Å²) in [6.45, 7) is 0.750. The minimum absolute atomic E-state index is 0.0873. The molecule has 134 valence electrons. The molecule has 0 spiro atoms. The van der Waals surface area contributed by atoms with Gasteiger partial charge in [-0.2, -0.15) is 0 Å². The van der Waals surface area contributed by atoms with Crippen LogP contribution in [0.25, 0.3) is 0 Å². The van der Waals surface area contributed by atoms with E-state index in [4.69, 9.17) is 4.74 Å². The number of halogens is 1. The highest BCUT2D eigenvalue weighted by molar-refractivity contribution is 7.91. The Morgan fingerprint density at radius 2 is 1.72 bits per heavy atom. The van der Waals surface area contributed by atoms with Crippen molar-refractivity contribution in [1.82, 2.24) is 5.32 Å². The van der Waals surface area contributed by atoms with Crippen LogP contribution in [0.3, 0.4) is 0 Å². The summed E-state index contributed by atoms with van der Waals surface area (Å²) in [5, 5.41) is 2.66. The third-order valence-corrected chi connectivity index (χ3v) is 5.16. The van der Waals surface area contributed by atoms with Crippen LogP contribution in [0.4, 0.5) is 4.39 Å². The van der Waals surface area contributed by atoms with Crippen LogP contribution < -0.4 is 10.1 Å². The number of ether oxygens (including phenoxy) is 1. The van der Waals surface area contributed by atoms with Crippen LogP contribution in [0.5, 0.6) is 5.75 Å². The van der Waals surface area contributed by atoms with Crippen molar-refractivity contribution in [3.8, 4) is 5.75 Å². The van der Waals surface area contributed by atoms with Gasteiger partial charge in [0.15, 0.2) is 9.84 Å². The van der Waals surface area contributed by atoms with Gasteiger partial charge < -0.3 is 10.1 Å². The van der Waals surface area contributed by atoms with Gasteiger partial charge in [0.05, 0.1) is 17.3 Å². The van der Waals surface area contributed by atoms with E-state index in [1.165, 1.54) is 36.4 Å². The summed E-state index contributed by atoms with van der Waals surface area (Å²) >= 11 is 0. The highest BCUT2D eigenvalue weighted by Crippen LogP contribution is 2.12. The van der Waals surface area contributed by atoms with E-state index in [0.29, 0.717) is 25.3 Å². The molecule has 0 atom stereocenters. The Bertz CT molecular complexity index is 776. The van der Waals surface area contributed by atoms with E-state index >= 15 is 0 Å². The Balaban J connectivity index is 1.63. The van der Waals surface area contributed by atoms with E-state index in [2.05, 4.69) is 5.32 Å². The number of benzene rings is 2. The second-order valence-electron chi connectivity index (χ2n) is 5.39. The molecule has 0 heterocycles. The van der Waals surface area contributed by atoms with Gasteiger partial charge in [0.1, 0.15) is 11.6 Å². The molecule has 0 radical (unpaired) electrons. The van der Waals surface area contributed by atoms with Gasteiger partial charge in [-0.3, -0.25) is 4.79 Å². The lowest BCUT2D eigenvalue weighted by Crippen LogP contribution is -2.27. The van der Waals surface area contributed by atoms with Crippen LogP contribution >= 0.6 is 0 Å². The Hall–Kier alpha value is -2.41. The molecule has 0 fully saturated rings. The van der Waals surface area contributed by atoms with E-state index in [1.54, 1.807) is 18.2 Å². The maximum Gasteiger partial charge on any atom is 0.221 e. The molecule has 5 nitrogen and oxygen atoms in total. The fraction of sp³-hybridized carbons (Fsp3) is 0.278. The molecule has 0 unspecified atom stereocenters. The molecule has 2 aromatic rings. The van der Waals surface area contributed by atoms with Crippen LogP contribution in [0.1, 0.15) is 12.8 Å². The van der Waals surface area contributed by atoms with Crippen molar-refractivity contribution in [1.29, 1.82) is 0 Å². The van der Waals surface area contributed by atoms with Gasteiger partial charge in [-0.15, -0.1) is 0 Å². The quantitative estimate of drug-likeness (QED) is 0.693. The Kier molecular flexibility index (Phi) is 6.94. The Morgan fingerprint density at radius 1 is 1.04 bits per heavy atom. The Labute approximate surface area is 146 Å². The molecular weight excluding hydrogens is 345 g/mol. The number of hydrogen-bond acceptors (Lipinski definition) is 4. The van der Waals surface area contributed by atoms with Gasteiger partial charge in [0, 0.05) is 13.0 Å². The normalized spacial score (nSPS) is 11.1. The monoisotopic (exact) mass is 365 g/mol. The molecule has 0 aliphatic heterocycles. The number of hydrogen-bond donors (Lipinski definition) is 1. The van der Waals surface area contributed by atoms with E-state index in [-0.39, 0.29) is 28.8 Å². The molecular formula is C18H20FNO4S. The lowest BCUT2D eigenvalue weighted by molar-refractivity contribution is -0.120. The first-order valence-corrected chi connectivity index (χ1v) is 9.55. The standard InChI is InChI=1S/C18H20FNO4S/c19-15-7-9-16(10-8-15)24-13-4-12-20-18(21)11-14-25(22,23)17-5-2-1-3-6-17/h1-3,5-10H,4,11-14H2,(H,20,21).